The van der Waals surface area contributed by atoms with Gasteiger partial charge in [-0.1, -0.05) is 0 Å². The molecule has 0 aliphatic heterocycles. The molecule has 88 valence electrons. The molecule has 0 aromatic rings. The van der Waals surface area contributed by atoms with Gasteiger partial charge in [-0.3, -0.25) is 0 Å². The molecule has 0 radical (unpaired) electrons. The summed E-state index contributed by atoms with van der Waals surface area (Å²) in [7, 11) is 3.57. The first-order valence-corrected chi connectivity index (χ1v) is 6.51. The van der Waals surface area contributed by atoms with Crippen LogP contribution in [0.4, 0.5) is 0 Å². The van der Waals surface area contributed by atoms with Crippen molar-refractivity contribution in [2.24, 2.45) is 0 Å². The summed E-state index contributed by atoms with van der Waals surface area (Å²) in [6, 6.07) is 2.30. The van der Waals surface area contributed by atoms with Gasteiger partial charge in [0.1, 0.15) is 5.54 Å². The highest BCUT2D eigenvalue weighted by Gasteiger charge is 2.19. The number of ether oxygens (including phenoxy) is 1. The summed E-state index contributed by atoms with van der Waals surface area (Å²) in [6.07, 6.45) is 3.20. The fraction of sp³-hybridized carbons (Fsp3) is 0.909. The molecule has 0 aliphatic rings. The van der Waals surface area contributed by atoms with Crippen LogP contribution in [0, 0.1) is 11.3 Å². The molecule has 0 aromatic carbocycles. The summed E-state index contributed by atoms with van der Waals surface area (Å²) in [5.74, 6) is 2.23. The van der Waals surface area contributed by atoms with Crippen molar-refractivity contribution in [3.63, 3.8) is 0 Å². The first kappa shape index (κ1) is 14.8. The van der Waals surface area contributed by atoms with E-state index in [1.165, 1.54) is 6.42 Å². The van der Waals surface area contributed by atoms with Crippen molar-refractivity contribution in [2.75, 3.05) is 32.3 Å². The first-order valence-electron chi connectivity index (χ1n) is 5.35. The Balaban J connectivity index is 3.35. The molecule has 0 amide bonds. The number of nitrogens with zero attached hydrogens (tertiary/aromatic N) is 1. The molecule has 1 N–H and O–H groups in total. The van der Waals surface area contributed by atoms with E-state index < -0.39 is 0 Å². The first-order chi connectivity index (χ1) is 7.18. The van der Waals surface area contributed by atoms with Crippen LogP contribution < -0.4 is 5.32 Å². The molecule has 1 unspecified atom stereocenters. The van der Waals surface area contributed by atoms with E-state index in [1.807, 2.05) is 25.7 Å². The topological polar surface area (TPSA) is 45.0 Å². The molecule has 0 fully saturated rings. The minimum Gasteiger partial charge on any atom is -0.384 e. The van der Waals surface area contributed by atoms with Gasteiger partial charge >= 0.3 is 0 Å². The van der Waals surface area contributed by atoms with E-state index in [4.69, 9.17) is 10.00 Å². The van der Waals surface area contributed by atoms with E-state index in [2.05, 4.69) is 11.4 Å². The summed E-state index contributed by atoms with van der Waals surface area (Å²) in [6.45, 7) is 2.78. The van der Waals surface area contributed by atoms with Crippen LogP contribution >= 0.6 is 11.8 Å². The SMILES string of the molecule is CNC(C)(C#N)CCCCSCCOC. The Morgan fingerprint density at radius 2 is 2.13 bits per heavy atom. The monoisotopic (exact) mass is 230 g/mol. The van der Waals surface area contributed by atoms with Gasteiger partial charge in [0.2, 0.25) is 0 Å². The van der Waals surface area contributed by atoms with Gasteiger partial charge in [0.15, 0.2) is 0 Å². The molecule has 3 nitrogen and oxygen atoms in total. The van der Waals surface area contributed by atoms with Gasteiger partial charge in [0, 0.05) is 12.9 Å². The quantitative estimate of drug-likeness (QED) is 0.616. The van der Waals surface area contributed by atoms with E-state index >= 15 is 0 Å². The molecule has 0 aliphatic carbocycles. The Kier molecular flexibility index (Phi) is 8.88. The van der Waals surface area contributed by atoms with Gasteiger partial charge in [-0.05, 0) is 39.0 Å². The lowest BCUT2D eigenvalue weighted by atomic mass is 9.97. The van der Waals surface area contributed by atoms with Crippen molar-refractivity contribution < 1.29 is 4.74 Å². The second-order valence-corrected chi connectivity index (χ2v) is 4.98. The third-order valence-corrected chi connectivity index (χ3v) is 3.48. The zero-order chi connectivity index (χ0) is 11.6. The number of methoxy groups -OCH3 is 1. The molecular weight excluding hydrogens is 208 g/mol. The molecule has 0 spiro atoms. The maximum Gasteiger partial charge on any atom is 0.103 e. The third kappa shape index (κ3) is 7.66. The molecule has 0 heterocycles. The molecular formula is C11H22N2OS. The van der Waals surface area contributed by atoms with Crippen LogP contribution in [0.5, 0.6) is 0 Å². The highest BCUT2D eigenvalue weighted by molar-refractivity contribution is 7.99. The second-order valence-electron chi connectivity index (χ2n) is 3.76. The average Bonchev–Trinajstić information content (AvgIpc) is 2.27. The van der Waals surface area contributed by atoms with Crippen molar-refractivity contribution >= 4 is 11.8 Å². The summed E-state index contributed by atoms with van der Waals surface area (Å²) < 4.78 is 4.96. The van der Waals surface area contributed by atoms with Gasteiger partial charge in [-0.25, -0.2) is 0 Å². The zero-order valence-corrected chi connectivity index (χ0v) is 10.8. The van der Waals surface area contributed by atoms with Crippen LogP contribution in [0.15, 0.2) is 0 Å². The zero-order valence-electron chi connectivity index (χ0n) is 10.0. The van der Waals surface area contributed by atoms with Crippen molar-refractivity contribution in [2.45, 2.75) is 31.7 Å². The fourth-order valence-corrected chi connectivity index (χ4v) is 2.06. The maximum absolute atomic E-state index is 8.92. The standard InChI is InChI=1S/C11H22N2OS/c1-11(10-12,13-2)6-4-5-8-15-9-7-14-3/h13H,4-9H2,1-3H3. The maximum atomic E-state index is 8.92. The lowest BCUT2D eigenvalue weighted by Gasteiger charge is -2.20. The summed E-state index contributed by atoms with van der Waals surface area (Å²) in [5.41, 5.74) is -0.350. The van der Waals surface area contributed by atoms with Crippen molar-refractivity contribution in [1.82, 2.24) is 5.32 Å². The third-order valence-electron chi connectivity index (χ3n) is 2.45. The highest BCUT2D eigenvalue weighted by Crippen LogP contribution is 2.14. The normalized spacial score (nSPS) is 14.5. The number of thioether (sulfide) groups is 1. The number of rotatable bonds is 9. The molecule has 0 rings (SSSR count). The van der Waals surface area contributed by atoms with E-state index in [0.717, 1.165) is 31.0 Å². The Morgan fingerprint density at radius 3 is 2.67 bits per heavy atom. The molecule has 0 saturated heterocycles. The number of hydrogen-bond donors (Lipinski definition) is 1. The van der Waals surface area contributed by atoms with Crippen LogP contribution in [0.1, 0.15) is 26.2 Å². The Hall–Kier alpha value is -0.240. The molecule has 1 atom stereocenters. The van der Waals surface area contributed by atoms with Gasteiger partial charge in [0.25, 0.3) is 0 Å². The Bertz CT molecular complexity index is 194. The Morgan fingerprint density at radius 1 is 1.40 bits per heavy atom. The number of unbranched alkanes of at least 4 members (excludes halogenated alkanes) is 1. The average molecular weight is 230 g/mol. The molecule has 0 aromatic heterocycles. The lowest BCUT2D eigenvalue weighted by molar-refractivity contribution is 0.218. The van der Waals surface area contributed by atoms with Crippen LogP contribution in [0.25, 0.3) is 0 Å². The van der Waals surface area contributed by atoms with Gasteiger partial charge in [0.05, 0.1) is 12.7 Å². The van der Waals surface area contributed by atoms with Crippen LogP contribution in [-0.4, -0.2) is 37.8 Å². The smallest absolute Gasteiger partial charge is 0.103 e. The fourth-order valence-electron chi connectivity index (χ4n) is 1.16. The predicted molar refractivity (Wildman–Crippen MR) is 66.1 cm³/mol. The minimum atomic E-state index is -0.350. The number of nitriles is 1. The van der Waals surface area contributed by atoms with Crippen molar-refractivity contribution in [3.8, 4) is 6.07 Å². The minimum absolute atomic E-state index is 0.350. The van der Waals surface area contributed by atoms with Crippen molar-refractivity contribution in [3.05, 3.63) is 0 Å². The van der Waals surface area contributed by atoms with Crippen LogP contribution in [0.3, 0.4) is 0 Å². The summed E-state index contributed by atoms with van der Waals surface area (Å²) in [4.78, 5) is 0. The number of hydrogen-bond acceptors (Lipinski definition) is 4. The molecule has 4 heteroatoms. The molecule has 0 bridgehead atoms. The lowest BCUT2D eigenvalue weighted by Crippen LogP contribution is -2.37. The molecule has 0 saturated carbocycles. The van der Waals surface area contributed by atoms with Crippen molar-refractivity contribution in [1.29, 1.82) is 5.26 Å². The van der Waals surface area contributed by atoms with Gasteiger partial charge in [-0.2, -0.15) is 17.0 Å². The highest BCUT2D eigenvalue weighted by atomic mass is 32.2. The largest absolute Gasteiger partial charge is 0.384 e. The van der Waals surface area contributed by atoms with E-state index in [9.17, 15) is 0 Å². The van der Waals surface area contributed by atoms with Crippen LogP contribution in [0.2, 0.25) is 0 Å². The summed E-state index contributed by atoms with van der Waals surface area (Å²) in [5, 5.41) is 12.0. The number of nitrogens with one attached hydrogen (secondary N) is 1. The summed E-state index contributed by atoms with van der Waals surface area (Å²) >= 11 is 1.92. The van der Waals surface area contributed by atoms with E-state index in [0.29, 0.717) is 0 Å². The second kappa shape index (κ2) is 9.02. The van der Waals surface area contributed by atoms with Crippen LogP contribution in [-0.2, 0) is 4.74 Å². The predicted octanol–water partition coefficient (Wildman–Crippen LogP) is 2.04. The van der Waals surface area contributed by atoms with E-state index in [1.54, 1.807) is 7.11 Å². The van der Waals surface area contributed by atoms with Gasteiger partial charge in [-0.15, -0.1) is 0 Å². The van der Waals surface area contributed by atoms with E-state index in [-0.39, 0.29) is 5.54 Å². The molecule has 15 heavy (non-hydrogen) atoms. The Labute approximate surface area is 97.6 Å². The van der Waals surface area contributed by atoms with Gasteiger partial charge < -0.3 is 10.1 Å².